The molecule has 0 heterocycles. The van der Waals surface area contributed by atoms with Crippen molar-refractivity contribution in [3.05, 3.63) is 33.3 Å². The number of nitrogens with zero attached hydrogens (tertiary/aromatic N) is 1. The van der Waals surface area contributed by atoms with Crippen molar-refractivity contribution in [2.45, 2.75) is 38.3 Å². The predicted molar refractivity (Wildman–Crippen MR) is 73.8 cm³/mol. The summed E-state index contributed by atoms with van der Waals surface area (Å²) < 4.78 is 5.67. The van der Waals surface area contributed by atoms with Gasteiger partial charge in [0, 0.05) is 12.1 Å². The molecule has 1 fully saturated rings. The zero-order valence-electron chi connectivity index (χ0n) is 10.8. The van der Waals surface area contributed by atoms with Crippen LogP contribution in [0.1, 0.15) is 26.2 Å². The average Bonchev–Trinajstić information content (AvgIpc) is 2.33. The Labute approximate surface area is 117 Å². The summed E-state index contributed by atoms with van der Waals surface area (Å²) in [6, 6.07) is 5.02. The molecule has 0 spiro atoms. The maximum Gasteiger partial charge on any atom is 0.312 e. The highest BCUT2D eigenvalue weighted by atomic mass is 35.5. The molecule has 0 saturated heterocycles. The molecule has 1 saturated carbocycles. The molecule has 5 nitrogen and oxygen atoms in total. The van der Waals surface area contributed by atoms with Gasteiger partial charge in [-0.3, -0.25) is 10.1 Å². The summed E-state index contributed by atoms with van der Waals surface area (Å²) in [5, 5.41) is 14.6. The highest BCUT2D eigenvalue weighted by Gasteiger charge is 2.32. The van der Waals surface area contributed by atoms with Gasteiger partial charge < -0.3 is 10.1 Å². The summed E-state index contributed by atoms with van der Waals surface area (Å²) in [5.41, 5.74) is -0.0718. The van der Waals surface area contributed by atoms with Crippen LogP contribution in [0.2, 0.25) is 5.02 Å². The third kappa shape index (κ3) is 3.36. The maximum atomic E-state index is 10.9. The third-order valence-corrected chi connectivity index (χ3v) is 3.50. The zero-order valence-corrected chi connectivity index (χ0v) is 11.5. The average molecular weight is 285 g/mol. The van der Waals surface area contributed by atoms with Crippen molar-refractivity contribution >= 4 is 17.3 Å². The number of nitro groups is 1. The van der Waals surface area contributed by atoms with Gasteiger partial charge in [-0.05, 0) is 31.9 Å². The summed E-state index contributed by atoms with van der Waals surface area (Å²) in [7, 11) is 0. The second-order valence-corrected chi connectivity index (χ2v) is 5.11. The summed E-state index contributed by atoms with van der Waals surface area (Å²) in [6.45, 7) is 3.11. The molecule has 6 heteroatoms. The van der Waals surface area contributed by atoms with E-state index in [4.69, 9.17) is 16.3 Å². The van der Waals surface area contributed by atoms with Crippen LogP contribution in [0.3, 0.4) is 0 Å². The smallest absolute Gasteiger partial charge is 0.312 e. The van der Waals surface area contributed by atoms with Gasteiger partial charge in [-0.2, -0.15) is 0 Å². The molecule has 1 N–H and O–H groups in total. The predicted octanol–water partition coefficient (Wildman–Crippen LogP) is 3.16. The number of para-hydroxylation sites is 1. The molecule has 1 aliphatic carbocycles. The van der Waals surface area contributed by atoms with E-state index in [1.165, 1.54) is 6.07 Å². The van der Waals surface area contributed by atoms with Crippen molar-refractivity contribution in [2.24, 2.45) is 0 Å². The normalized spacial score (nSPS) is 21.8. The minimum absolute atomic E-state index is 0.00737. The Morgan fingerprint density at radius 2 is 2.26 bits per heavy atom. The van der Waals surface area contributed by atoms with Gasteiger partial charge in [-0.1, -0.05) is 24.6 Å². The van der Waals surface area contributed by atoms with E-state index < -0.39 is 4.92 Å². The summed E-state index contributed by atoms with van der Waals surface area (Å²) in [6.07, 6.45) is 2.83. The van der Waals surface area contributed by atoms with Crippen molar-refractivity contribution in [3.8, 4) is 5.75 Å². The highest BCUT2D eigenvalue weighted by molar-refractivity contribution is 6.32. The Morgan fingerprint density at radius 1 is 1.53 bits per heavy atom. The molecule has 0 bridgehead atoms. The molecule has 0 aromatic heterocycles. The van der Waals surface area contributed by atoms with E-state index in [-0.39, 0.29) is 17.5 Å². The minimum Gasteiger partial charge on any atom is -0.482 e. The van der Waals surface area contributed by atoms with E-state index in [0.717, 1.165) is 25.8 Å². The number of hydrogen-bond donors (Lipinski definition) is 1. The van der Waals surface area contributed by atoms with Gasteiger partial charge >= 0.3 is 5.69 Å². The van der Waals surface area contributed by atoms with Crippen LogP contribution < -0.4 is 10.1 Å². The fourth-order valence-corrected chi connectivity index (χ4v) is 2.32. The van der Waals surface area contributed by atoms with Crippen molar-refractivity contribution in [1.82, 2.24) is 5.32 Å². The van der Waals surface area contributed by atoms with Gasteiger partial charge in [0.2, 0.25) is 5.75 Å². The van der Waals surface area contributed by atoms with Crippen LogP contribution in [0.25, 0.3) is 0 Å². The molecule has 1 aromatic rings. The number of nitro benzene ring substituents is 1. The number of hydrogen-bond acceptors (Lipinski definition) is 4. The summed E-state index contributed by atoms with van der Waals surface area (Å²) in [5.74, 6) is 0.188. The lowest BCUT2D eigenvalue weighted by atomic mass is 9.89. The maximum absolute atomic E-state index is 10.9. The van der Waals surface area contributed by atoms with E-state index in [1.807, 2.05) is 0 Å². The van der Waals surface area contributed by atoms with Crippen LogP contribution in [-0.2, 0) is 0 Å². The minimum atomic E-state index is -0.466. The Hall–Kier alpha value is -1.33. The number of benzene rings is 1. The zero-order chi connectivity index (χ0) is 13.8. The van der Waals surface area contributed by atoms with Crippen LogP contribution in [-0.4, -0.2) is 23.6 Å². The Balaban J connectivity index is 1.96. The first-order valence-electron chi connectivity index (χ1n) is 6.44. The molecular formula is C13H17ClN2O3. The van der Waals surface area contributed by atoms with Crippen LogP contribution in [0, 0.1) is 10.1 Å². The first kappa shape index (κ1) is 14.1. The van der Waals surface area contributed by atoms with Crippen LogP contribution in [0.4, 0.5) is 5.69 Å². The van der Waals surface area contributed by atoms with E-state index in [1.54, 1.807) is 12.1 Å². The molecule has 0 atom stereocenters. The highest BCUT2D eigenvalue weighted by Crippen LogP contribution is 2.37. The molecule has 104 valence electrons. The number of rotatable bonds is 6. The Morgan fingerprint density at radius 3 is 2.89 bits per heavy atom. The number of ether oxygens (including phenoxy) is 1. The van der Waals surface area contributed by atoms with E-state index in [0.29, 0.717) is 11.1 Å². The molecule has 1 aromatic carbocycles. The monoisotopic (exact) mass is 284 g/mol. The lowest BCUT2D eigenvalue weighted by Crippen LogP contribution is -2.47. The molecule has 1 aliphatic rings. The molecule has 0 aliphatic heterocycles. The van der Waals surface area contributed by atoms with Gasteiger partial charge in [0.1, 0.15) is 6.10 Å². The summed E-state index contributed by atoms with van der Waals surface area (Å²) >= 11 is 5.97. The second-order valence-electron chi connectivity index (χ2n) is 4.71. The molecule has 0 radical (unpaired) electrons. The second kappa shape index (κ2) is 6.21. The first-order chi connectivity index (χ1) is 9.11. The summed E-state index contributed by atoms with van der Waals surface area (Å²) in [4.78, 5) is 10.5. The standard InChI is InChI=1S/C13H17ClN2O3/c1-2-6-15-9-7-10(8-9)19-13-11(14)4-3-5-12(13)16(17)18/h3-5,9-10,15H,2,6-8H2,1H3. The largest absolute Gasteiger partial charge is 0.482 e. The van der Waals surface area contributed by atoms with Crippen LogP contribution in [0.15, 0.2) is 18.2 Å². The first-order valence-corrected chi connectivity index (χ1v) is 6.82. The van der Waals surface area contributed by atoms with Gasteiger partial charge in [0.05, 0.1) is 9.95 Å². The van der Waals surface area contributed by atoms with Crippen LogP contribution in [0.5, 0.6) is 5.75 Å². The van der Waals surface area contributed by atoms with E-state index >= 15 is 0 Å². The number of nitrogens with one attached hydrogen (secondary N) is 1. The third-order valence-electron chi connectivity index (χ3n) is 3.21. The number of halogens is 1. The molecule has 2 rings (SSSR count). The molecule has 0 amide bonds. The lowest BCUT2D eigenvalue weighted by Gasteiger charge is -2.35. The lowest BCUT2D eigenvalue weighted by molar-refractivity contribution is -0.386. The Bertz CT molecular complexity index is 461. The van der Waals surface area contributed by atoms with Crippen molar-refractivity contribution in [1.29, 1.82) is 0 Å². The van der Waals surface area contributed by atoms with Gasteiger partial charge in [0.15, 0.2) is 0 Å². The fourth-order valence-electron chi connectivity index (χ4n) is 2.10. The molecule has 0 unspecified atom stereocenters. The quantitative estimate of drug-likeness (QED) is 0.644. The van der Waals surface area contributed by atoms with Crippen molar-refractivity contribution in [2.75, 3.05) is 6.54 Å². The van der Waals surface area contributed by atoms with Gasteiger partial charge in [0.25, 0.3) is 0 Å². The van der Waals surface area contributed by atoms with Gasteiger partial charge in [-0.15, -0.1) is 0 Å². The SMILES string of the molecule is CCCNC1CC(Oc2c(Cl)cccc2[N+](=O)[O-])C1. The molecular weight excluding hydrogens is 268 g/mol. The van der Waals surface area contributed by atoms with Crippen LogP contribution >= 0.6 is 11.6 Å². The molecule has 19 heavy (non-hydrogen) atoms. The topological polar surface area (TPSA) is 64.4 Å². The van der Waals surface area contributed by atoms with Crippen molar-refractivity contribution in [3.63, 3.8) is 0 Å². The fraction of sp³-hybridized carbons (Fsp3) is 0.538. The Kier molecular flexibility index (Phi) is 4.61. The van der Waals surface area contributed by atoms with E-state index in [9.17, 15) is 10.1 Å². The van der Waals surface area contributed by atoms with Crippen molar-refractivity contribution < 1.29 is 9.66 Å². The van der Waals surface area contributed by atoms with Gasteiger partial charge in [-0.25, -0.2) is 0 Å². The van der Waals surface area contributed by atoms with E-state index in [2.05, 4.69) is 12.2 Å².